The zero-order valence-corrected chi connectivity index (χ0v) is 16.6. The summed E-state index contributed by atoms with van der Waals surface area (Å²) in [5, 5.41) is 0. The molecule has 0 radical (unpaired) electrons. The van der Waals surface area contributed by atoms with Crippen LogP contribution in [-0.2, 0) is 11.6 Å². The van der Waals surface area contributed by atoms with Crippen molar-refractivity contribution in [3.05, 3.63) is 59.2 Å². The Morgan fingerprint density at radius 2 is 1.12 bits per heavy atom. The van der Waals surface area contributed by atoms with Gasteiger partial charge in [0.25, 0.3) is 0 Å². The monoisotopic (exact) mass is 366 g/mol. The van der Waals surface area contributed by atoms with Crippen molar-refractivity contribution in [3.8, 4) is 0 Å². The van der Waals surface area contributed by atoms with Gasteiger partial charge in [0.1, 0.15) is 0 Å². The first-order valence-corrected chi connectivity index (χ1v) is 8.82. The van der Waals surface area contributed by atoms with E-state index in [9.17, 15) is 13.2 Å². The zero-order valence-electron chi connectivity index (χ0n) is 16.6. The maximum atomic E-state index is 12.2. The van der Waals surface area contributed by atoms with Crippen LogP contribution in [0.1, 0.15) is 82.8 Å². The van der Waals surface area contributed by atoms with Gasteiger partial charge in [-0.3, -0.25) is 9.97 Å². The van der Waals surface area contributed by atoms with Crippen LogP contribution in [0.25, 0.3) is 0 Å². The number of aromatic nitrogens is 2. The van der Waals surface area contributed by atoms with E-state index in [4.69, 9.17) is 0 Å². The molecule has 144 valence electrons. The summed E-state index contributed by atoms with van der Waals surface area (Å²) in [5.41, 5.74) is 2.62. The highest BCUT2D eigenvalue weighted by atomic mass is 19.4. The molecule has 5 heteroatoms. The Labute approximate surface area is 154 Å². The van der Waals surface area contributed by atoms with Gasteiger partial charge in [0, 0.05) is 23.8 Å². The van der Waals surface area contributed by atoms with Crippen molar-refractivity contribution in [3.63, 3.8) is 0 Å². The van der Waals surface area contributed by atoms with E-state index in [2.05, 4.69) is 56.7 Å². The first kappa shape index (κ1) is 22.1. The molecule has 0 atom stereocenters. The molecule has 0 aliphatic carbocycles. The fourth-order valence-corrected chi connectivity index (χ4v) is 2.17. The normalized spacial score (nSPS) is 12.2. The maximum absolute atomic E-state index is 12.2. The van der Waals surface area contributed by atoms with Crippen LogP contribution in [0.5, 0.6) is 0 Å². The van der Waals surface area contributed by atoms with Crippen LogP contribution >= 0.6 is 0 Å². The summed E-state index contributed by atoms with van der Waals surface area (Å²) in [5.74, 6) is 0.532. The van der Waals surface area contributed by atoms with E-state index in [1.165, 1.54) is 17.5 Å². The van der Waals surface area contributed by atoms with Crippen LogP contribution in [0.2, 0.25) is 0 Å². The second-order valence-corrected chi connectivity index (χ2v) is 8.00. The van der Waals surface area contributed by atoms with E-state index >= 15 is 0 Å². The number of halogens is 3. The molecular formula is C21H29F3N2. The van der Waals surface area contributed by atoms with E-state index in [1.807, 2.05) is 20.0 Å². The molecule has 0 saturated heterocycles. The Morgan fingerprint density at radius 3 is 1.46 bits per heavy atom. The molecule has 0 unspecified atom stereocenters. The van der Waals surface area contributed by atoms with E-state index in [0.29, 0.717) is 11.6 Å². The number of hydrogen-bond donors (Lipinski definition) is 0. The fraction of sp³-hybridized carbons (Fsp3) is 0.524. The summed E-state index contributed by atoms with van der Waals surface area (Å²) in [6, 6.07) is 6.38. The second-order valence-electron chi connectivity index (χ2n) is 8.00. The maximum Gasteiger partial charge on any atom is 0.416 e. The summed E-state index contributed by atoms with van der Waals surface area (Å²) in [7, 11) is 0. The van der Waals surface area contributed by atoms with Gasteiger partial charge >= 0.3 is 6.18 Å². The summed E-state index contributed by atoms with van der Waals surface area (Å²) >= 11 is 0. The summed E-state index contributed by atoms with van der Waals surface area (Å²) in [6.07, 6.45) is -1.17. The molecule has 0 aliphatic rings. The molecule has 26 heavy (non-hydrogen) atoms. The highest BCUT2D eigenvalue weighted by Gasteiger charge is 2.30. The average Bonchev–Trinajstić information content (AvgIpc) is 2.54. The van der Waals surface area contributed by atoms with Crippen molar-refractivity contribution < 1.29 is 13.2 Å². The van der Waals surface area contributed by atoms with Gasteiger partial charge in [-0.05, 0) is 47.1 Å². The number of rotatable bonds is 2. The second kappa shape index (κ2) is 8.65. The van der Waals surface area contributed by atoms with Crippen molar-refractivity contribution in [2.45, 2.75) is 71.9 Å². The molecule has 0 fully saturated rings. The standard InChI is InChI=1S/C12H19N.C9H10F3N/c1-9(2)11-8-10(6-7-13-11)12(3,4)5;1-6(2)8-5-7(3-4-13-8)9(10,11)12/h6-9H,1-5H3;3-6H,1-2H3. The largest absolute Gasteiger partial charge is 0.416 e. The van der Waals surface area contributed by atoms with Gasteiger partial charge in [-0.15, -0.1) is 0 Å². The molecule has 0 aromatic carbocycles. The number of alkyl halides is 3. The van der Waals surface area contributed by atoms with Gasteiger partial charge in [0.2, 0.25) is 0 Å². The summed E-state index contributed by atoms with van der Waals surface area (Å²) in [4.78, 5) is 8.20. The molecule has 2 heterocycles. The Morgan fingerprint density at radius 1 is 0.731 bits per heavy atom. The van der Waals surface area contributed by atoms with E-state index < -0.39 is 11.7 Å². The van der Waals surface area contributed by atoms with Gasteiger partial charge in [-0.1, -0.05) is 48.5 Å². The predicted molar refractivity (Wildman–Crippen MR) is 100 cm³/mol. The first-order valence-electron chi connectivity index (χ1n) is 8.82. The predicted octanol–water partition coefficient (Wildman–Crippen LogP) is 6.73. The van der Waals surface area contributed by atoms with Gasteiger partial charge < -0.3 is 0 Å². The molecule has 2 rings (SSSR count). The number of hydrogen-bond acceptors (Lipinski definition) is 2. The Kier molecular flexibility index (Phi) is 7.36. The van der Waals surface area contributed by atoms with Crippen LogP contribution in [-0.4, -0.2) is 9.97 Å². The third kappa shape index (κ3) is 6.77. The Balaban J connectivity index is 0.000000260. The molecule has 2 aromatic rings. The Bertz CT molecular complexity index is 637. The minimum atomic E-state index is -4.27. The quantitative estimate of drug-likeness (QED) is 0.589. The lowest BCUT2D eigenvalue weighted by Crippen LogP contribution is -2.12. The van der Waals surface area contributed by atoms with Crippen LogP contribution in [0.4, 0.5) is 13.2 Å². The summed E-state index contributed by atoms with van der Waals surface area (Å²) < 4.78 is 36.6. The minimum absolute atomic E-state index is 0.0160. The van der Waals surface area contributed by atoms with Crippen molar-refractivity contribution in [1.82, 2.24) is 9.97 Å². The third-order valence-corrected chi connectivity index (χ3v) is 3.94. The molecule has 0 bridgehead atoms. The highest BCUT2D eigenvalue weighted by molar-refractivity contribution is 5.24. The topological polar surface area (TPSA) is 25.8 Å². The van der Waals surface area contributed by atoms with Gasteiger partial charge in [-0.2, -0.15) is 13.2 Å². The van der Waals surface area contributed by atoms with Gasteiger partial charge in [0.05, 0.1) is 5.56 Å². The highest BCUT2D eigenvalue weighted by Crippen LogP contribution is 2.30. The molecule has 0 spiro atoms. The fourth-order valence-electron chi connectivity index (χ4n) is 2.17. The number of nitrogens with zero attached hydrogens (tertiary/aromatic N) is 2. The van der Waals surface area contributed by atoms with Crippen molar-refractivity contribution >= 4 is 0 Å². The Hall–Kier alpha value is -1.91. The zero-order chi connectivity index (χ0) is 20.1. The molecule has 0 aliphatic heterocycles. The van der Waals surface area contributed by atoms with Gasteiger partial charge in [-0.25, -0.2) is 0 Å². The number of pyridine rings is 2. The van der Waals surface area contributed by atoms with E-state index in [-0.39, 0.29) is 11.3 Å². The molecular weight excluding hydrogens is 337 g/mol. The SMILES string of the molecule is CC(C)c1cc(C(C)(C)C)ccn1.CC(C)c1cc(C(F)(F)F)ccn1. The lowest BCUT2D eigenvalue weighted by molar-refractivity contribution is -0.137. The average molecular weight is 366 g/mol. The minimum Gasteiger partial charge on any atom is -0.261 e. The lowest BCUT2D eigenvalue weighted by Gasteiger charge is -2.19. The molecule has 0 N–H and O–H groups in total. The molecule has 2 aromatic heterocycles. The van der Waals surface area contributed by atoms with Crippen molar-refractivity contribution in [1.29, 1.82) is 0 Å². The summed E-state index contributed by atoms with van der Waals surface area (Å²) in [6.45, 7) is 14.7. The van der Waals surface area contributed by atoms with E-state index in [0.717, 1.165) is 12.1 Å². The smallest absolute Gasteiger partial charge is 0.261 e. The third-order valence-electron chi connectivity index (χ3n) is 3.94. The van der Waals surface area contributed by atoms with E-state index in [1.54, 1.807) is 0 Å². The van der Waals surface area contributed by atoms with Crippen LogP contribution < -0.4 is 0 Å². The molecule has 0 saturated carbocycles. The van der Waals surface area contributed by atoms with Crippen molar-refractivity contribution in [2.24, 2.45) is 0 Å². The van der Waals surface area contributed by atoms with Gasteiger partial charge in [0.15, 0.2) is 0 Å². The van der Waals surface area contributed by atoms with Crippen LogP contribution in [0.15, 0.2) is 36.7 Å². The van der Waals surface area contributed by atoms with Crippen molar-refractivity contribution in [2.75, 3.05) is 0 Å². The molecule has 2 nitrogen and oxygen atoms in total. The van der Waals surface area contributed by atoms with Crippen LogP contribution in [0.3, 0.4) is 0 Å². The first-order chi connectivity index (χ1) is 11.8. The van der Waals surface area contributed by atoms with Crippen LogP contribution in [0, 0.1) is 0 Å². The molecule has 0 amide bonds. The lowest BCUT2D eigenvalue weighted by atomic mass is 9.86.